The van der Waals surface area contributed by atoms with Crippen molar-refractivity contribution >= 4 is 11.8 Å². The summed E-state index contributed by atoms with van der Waals surface area (Å²) < 4.78 is 0. The first-order valence-corrected chi connectivity index (χ1v) is 12.5. The Morgan fingerprint density at radius 2 is 1.77 bits per heavy atom. The minimum atomic E-state index is -0.0349. The Labute approximate surface area is 165 Å². The van der Waals surface area contributed by atoms with Crippen molar-refractivity contribution < 1.29 is 5.11 Å². The van der Waals surface area contributed by atoms with Gasteiger partial charge < -0.3 is 10.0 Å². The number of hydrogen-bond donors (Lipinski definition) is 1. The van der Waals surface area contributed by atoms with E-state index in [1.807, 2.05) is 11.8 Å². The Balaban J connectivity index is 1.67. The quantitative estimate of drug-likeness (QED) is 0.750. The molecule has 26 heavy (non-hydrogen) atoms. The predicted octanol–water partition coefficient (Wildman–Crippen LogP) is 4.91. The third kappa shape index (κ3) is 2.66. The lowest BCUT2D eigenvalue weighted by Gasteiger charge is -2.70. The van der Waals surface area contributed by atoms with E-state index in [0.717, 1.165) is 17.8 Å². The molecule has 0 aliphatic heterocycles. The van der Waals surface area contributed by atoms with Gasteiger partial charge in [-0.3, -0.25) is 0 Å². The van der Waals surface area contributed by atoms with Crippen molar-refractivity contribution in [1.82, 2.24) is 4.90 Å². The van der Waals surface area contributed by atoms with Gasteiger partial charge in [0, 0.05) is 6.54 Å². The van der Waals surface area contributed by atoms with Crippen LogP contribution in [0.25, 0.3) is 0 Å². The lowest BCUT2D eigenvalue weighted by molar-refractivity contribution is -0.241. The average Bonchev–Trinajstić information content (AvgIpc) is 2.57. The fourth-order valence-electron chi connectivity index (χ4n) is 8.94. The van der Waals surface area contributed by atoms with E-state index in [1.54, 1.807) is 0 Å². The molecule has 5 fully saturated rings. The molecule has 5 aliphatic rings. The van der Waals surface area contributed by atoms with Crippen LogP contribution in [0.4, 0.5) is 0 Å². The van der Waals surface area contributed by atoms with Gasteiger partial charge in [0.1, 0.15) is 0 Å². The minimum absolute atomic E-state index is 0.0349. The standard InChI is InChI=1S/C23H41NOS/c1-21(15-24(3)4)9-6-10-22(2)18(21)8-12-23-11-7-16(13-19(22)23)17(14-26-5)20(23)25/h16-20,25H,6-15H2,1-5H3/t16-,17+,18-,19+,20-,21+,22-,23+/m1/s1. The third-order valence-electron chi connectivity index (χ3n) is 9.64. The fraction of sp³-hybridized carbons (Fsp3) is 1.00. The number of rotatable bonds is 4. The van der Waals surface area contributed by atoms with Crippen LogP contribution in [-0.2, 0) is 0 Å². The molecule has 150 valence electrons. The van der Waals surface area contributed by atoms with E-state index < -0.39 is 0 Å². The molecule has 8 atom stereocenters. The van der Waals surface area contributed by atoms with E-state index >= 15 is 0 Å². The van der Waals surface area contributed by atoms with E-state index in [4.69, 9.17) is 0 Å². The number of fused-ring (bicyclic) bond motifs is 3. The highest BCUT2D eigenvalue weighted by molar-refractivity contribution is 7.98. The van der Waals surface area contributed by atoms with Crippen molar-refractivity contribution in [3.63, 3.8) is 0 Å². The van der Waals surface area contributed by atoms with E-state index in [-0.39, 0.29) is 11.5 Å². The normalized spacial score (nSPS) is 53.4. The van der Waals surface area contributed by atoms with E-state index in [2.05, 4.69) is 39.1 Å². The molecule has 3 heteroatoms. The van der Waals surface area contributed by atoms with Crippen LogP contribution < -0.4 is 0 Å². The first kappa shape index (κ1) is 19.6. The Morgan fingerprint density at radius 3 is 2.46 bits per heavy atom. The summed E-state index contributed by atoms with van der Waals surface area (Å²) >= 11 is 1.95. The van der Waals surface area contributed by atoms with Crippen LogP contribution in [0, 0.1) is 39.9 Å². The van der Waals surface area contributed by atoms with Gasteiger partial charge in [0.2, 0.25) is 0 Å². The van der Waals surface area contributed by atoms with Gasteiger partial charge in [-0.1, -0.05) is 20.3 Å². The number of hydrogen-bond acceptors (Lipinski definition) is 3. The summed E-state index contributed by atoms with van der Waals surface area (Å²) in [7, 11) is 4.50. The SMILES string of the molecule is CSC[C@H]1[C@@H]2CC[C@@]3(CC[C@@H]4[C@](C)(CN(C)C)CCC[C@@]4(C)[C@@H]3C2)[C@@H]1O. The maximum Gasteiger partial charge on any atom is 0.0637 e. The fourth-order valence-corrected chi connectivity index (χ4v) is 9.78. The van der Waals surface area contributed by atoms with Gasteiger partial charge in [-0.25, -0.2) is 0 Å². The molecule has 0 unspecified atom stereocenters. The van der Waals surface area contributed by atoms with Crippen molar-refractivity contribution in [3.05, 3.63) is 0 Å². The largest absolute Gasteiger partial charge is 0.392 e. The van der Waals surface area contributed by atoms with E-state index in [1.165, 1.54) is 63.7 Å². The van der Waals surface area contributed by atoms with Gasteiger partial charge in [-0.2, -0.15) is 11.8 Å². The van der Waals surface area contributed by atoms with Crippen LogP contribution in [0.15, 0.2) is 0 Å². The van der Waals surface area contributed by atoms with Crippen molar-refractivity contribution in [2.24, 2.45) is 39.9 Å². The summed E-state index contributed by atoms with van der Waals surface area (Å²) in [6.45, 7) is 6.46. The van der Waals surface area contributed by atoms with Crippen LogP contribution >= 0.6 is 11.8 Å². The second-order valence-electron chi connectivity index (χ2n) is 11.2. The Kier molecular flexibility index (Phi) is 5.02. The molecule has 0 amide bonds. The molecule has 0 aromatic rings. The summed E-state index contributed by atoms with van der Waals surface area (Å²) in [6, 6.07) is 0. The number of aliphatic hydroxyl groups is 1. The molecule has 0 saturated heterocycles. The zero-order chi connectivity index (χ0) is 18.7. The molecule has 5 aliphatic carbocycles. The van der Waals surface area contributed by atoms with Crippen LogP contribution in [0.5, 0.6) is 0 Å². The van der Waals surface area contributed by atoms with Gasteiger partial charge >= 0.3 is 0 Å². The maximum absolute atomic E-state index is 11.5. The lowest BCUT2D eigenvalue weighted by Crippen LogP contribution is -2.67. The van der Waals surface area contributed by atoms with Crippen molar-refractivity contribution in [1.29, 1.82) is 0 Å². The molecule has 1 spiro atoms. The minimum Gasteiger partial charge on any atom is -0.392 e. The summed E-state index contributed by atoms with van der Waals surface area (Å²) in [5.41, 5.74) is 1.15. The van der Waals surface area contributed by atoms with Gasteiger partial charge in [0.05, 0.1) is 6.10 Å². The zero-order valence-corrected chi connectivity index (χ0v) is 18.6. The summed E-state index contributed by atoms with van der Waals surface area (Å²) in [6.07, 6.45) is 13.1. The van der Waals surface area contributed by atoms with Crippen LogP contribution in [-0.4, -0.2) is 48.8 Å². The van der Waals surface area contributed by atoms with Gasteiger partial charge in [-0.05, 0) is 111 Å². The Morgan fingerprint density at radius 1 is 1.04 bits per heavy atom. The molecular weight excluding hydrogens is 338 g/mol. The molecule has 0 aromatic carbocycles. The zero-order valence-electron chi connectivity index (χ0n) is 17.8. The maximum atomic E-state index is 11.5. The number of thioether (sulfide) groups is 1. The molecule has 0 aromatic heterocycles. The van der Waals surface area contributed by atoms with Crippen molar-refractivity contribution in [2.75, 3.05) is 32.6 Å². The van der Waals surface area contributed by atoms with Gasteiger partial charge in [-0.15, -0.1) is 0 Å². The monoisotopic (exact) mass is 379 g/mol. The number of aliphatic hydroxyl groups excluding tert-OH is 1. The van der Waals surface area contributed by atoms with Gasteiger partial charge in [0.15, 0.2) is 0 Å². The molecule has 2 nitrogen and oxygen atoms in total. The molecule has 0 radical (unpaired) electrons. The first-order valence-electron chi connectivity index (χ1n) is 11.1. The molecule has 1 N–H and O–H groups in total. The summed E-state index contributed by atoms with van der Waals surface area (Å²) in [5, 5.41) is 11.5. The van der Waals surface area contributed by atoms with E-state index in [9.17, 15) is 5.11 Å². The average molecular weight is 380 g/mol. The molecule has 5 rings (SSSR count). The van der Waals surface area contributed by atoms with Crippen molar-refractivity contribution in [2.45, 2.75) is 71.3 Å². The molecule has 0 heterocycles. The first-order chi connectivity index (χ1) is 12.3. The second kappa shape index (κ2) is 6.66. The lowest BCUT2D eigenvalue weighted by atomic mass is 9.35. The molecule has 2 bridgehead atoms. The summed E-state index contributed by atoms with van der Waals surface area (Å²) in [5.74, 6) is 4.11. The van der Waals surface area contributed by atoms with Crippen molar-refractivity contribution in [3.8, 4) is 0 Å². The predicted molar refractivity (Wildman–Crippen MR) is 112 cm³/mol. The topological polar surface area (TPSA) is 23.5 Å². The highest BCUT2D eigenvalue weighted by Gasteiger charge is 2.67. The van der Waals surface area contributed by atoms with Crippen LogP contribution in [0.1, 0.15) is 65.2 Å². The van der Waals surface area contributed by atoms with Crippen LogP contribution in [0.2, 0.25) is 0 Å². The van der Waals surface area contributed by atoms with E-state index in [0.29, 0.717) is 16.7 Å². The summed E-state index contributed by atoms with van der Waals surface area (Å²) in [4.78, 5) is 2.42. The van der Waals surface area contributed by atoms with Gasteiger partial charge in [0.25, 0.3) is 0 Å². The smallest absolute Gasteiger partial charge is 0.0637 e. The Bertz CT molecular complexity index is 538. The highest BCUT2D eigenvalue weighted by Crippen LogP contribution is 2.72. The second-order valence-corrected chi connectivity index (χ2v) is 12.1. The highest BCUT2D eigenvalue weighted by atomic mass is 32.2. The van der Waals surface area contributed by atoms with Crippen LogP contribution in [0.3, 0.4) is 0 Å². The molecular formula is C23H41NOS. The molecule has 5 saturated carbocycles. The Hall–Kier alpha value is 0.270. The number of nitrogens with zero attached hydrogens (tertiary/aromatic N) is 1. The third-order valence-corrected chi connectivity index (χ3v) is 10.4.